The summed E-state index contributed by atoms with van der Waals surface area (Å²) in [4.78, 5) is 8.96. The van der Waals surface area contributed by atoms with Crippen LogP contribution < -0.4 is 11.1 Å². The van der Waals surface area contributed by atoms with Gasteiger partial charge in [0.05, 0.1) is 5.39 Å². The van der Waals surface area contributed by atoms with E-state index in [-0.39, 0.29) is 6.54 Å². The smallest absolute Gasteiger partial charge is 0.164 e. The van der Waals surface area contributed by atoms with Crippen LogP contribution >= 0.6 is 11.6 Å². The number of fused-ring (bicyclic) bond motifs is 1. The average molecular weight is 452 g/mol. The van der Waals surface area contributed by atoms with Crippen molar-refractivity contribution in [1.82, 2.24) is 14.5 Å². The molecule has 2 aromatic carbocycles. The number of hydrogen-bond donors (Lipinski definition) is 4. The summed E-state index contributed by atoms with van der Waals surface area (Å²) in [6.45, 7) is 0.0910. The number of hydrogen-bond acceptors (Lipinski definition) is 7. The first kappa shape index (κ1) is 20.9. The maximum absolute atomic E-state index is 10.7. The number of aliphatic hydroxyl groups excluding tert-OH is 2. The molecule has 4 atom stereocenters. The van der Waals surface area contributed by atoms with Crippen LogP contribution in [0.5, 0.6) is 0 Å². The van der Waals surface area contributed by atoms with Gasteiger partial charge in [0.25, 0.3) is 0 Å². The minimum Gasteiger partial charge on any atom is -0.387 e. The summed E-state index contributed by atoms with van der Waals surface area (Å²) < 4.78 is 7.61. The molecule has 0 amide bonds. The van der Waals surface area contributed by atoms with Gasteiger partial charge in [0, 0.05) is 29.0 Å². The molecule has 0 spiro atoms. The van der Waals surface area contributed by atoms with Gasteiger partial charge in [-0.15, -0.1) is 0 Å². The highest BCUT2D eigenvalue weighted by molar-refractivity contribution is 6.30. The summed E-state index contributed by atoms with van der Waals surface area (Å²) in [5, 5.41) is 25.7. The van der Waals surface area contributed by atoms with E-state index in [1.54, 1.807) is 4.57 Å². The number of nitrogens with zero attached hydrogens (tertiary/aromatic N) is 3. The van der Waals surface area contributed by atoms with Crippen LogP contribution in [0.2, 0.25) is 5.02 Å². The Morgan fingerprint density at radius 1 is 1.03 bits per heavy atom. The molecular weight excluding hydrogens is 430 g/mol. The minimum absolute atomic E-state index is 0.0910. The predicted octanol–water partition coefficient (Wildman–Crippen LogP) is 3.07. The molecule has 8 nitrogen and oxygen atoms in total. The van der Waals surface area contributed by atoms with Crippen molar-refractivity contribution in [3.8, 4) is 11.1 Å². The second kappa shape index (κ2) is 8.50. The summed E-state index contributed by atoms with van der Waals surface area (Å²) in [7, 11) is 0. The van der Waals surface area contributed by atoms with Crippen molar-refractivity contribution in [1.29, 1.82) is 0 Å². The first-order chi connectivity index (χ1) is 15.6. The predicted molar refractivity (Wildman–Crippen MR) is 123 cm³/mol. The topological polar surface area (TPSA) is 118 Å². The monoisotopic (exact) mass is 451 g/mol. The number of halogens is 1. The maximum Gasteiger partial charge on any atom is 0.164 e. The lowest BCUT2D eigenvalue weighted by Crippen LogP contribution is -2.35. The largest absolute Gasteiger partial charge is 0.387 e. The van der Waals surface area contributed by atoms with Gasteiger partial charge in [-0.3, -0.25) is 0 Å². The lowest BCUT2D eigenvalue weighted by molar-refractivity contribution is -0.0318. The zero-order valence-corrected chi connectivity index (χ0v) is 17.7. The summed E-state index contributed by atoms with van der Waals surface area (Å²) in [5.41, 5.74) is 8.86. The molecule has 9 heteroatoms. The third-order valence-electron chi connectivity index (χ3n) is 5.64. The number of aromatic nitrogens is 3. The molecular formula is C23H22ClN5O3. The molecule has 1 aliphatic heterocycles. The van der Waals surface area contributed by atoms with Crippen molar-refractivity contribution in [3.05, 3.63) is 72.1 Å². The first-order valence-electron chi connectivity index (χ1n) is 10.2. The van der Waals surface area contributed by atoms with Gasteiger partial charge in [-0.25, -0.2) is 9.97 Å². The number of nitrogens with one attached hydrogen (secondary N) is 1. The van der Waals surface area contributed by atoms with Gasteiger partial charge in [0.1, 0.15) is 36.1 Å². The lowest BCUT2D eigenvalue weighted by Gasteiger charge is -2.17. The molecule has 1 fully saturated rings. The Hall–Kier alpha value is -3.01. The number of para-hydroxylation sites is 1. The second-order valence-corrected chi connectivity index (χ2v) is 8.09. The van der Waals surface area contributed by atoms with Gasteiger partial charge < -0.3 is 30.6 Å². The first-order valence-corrected chi connectivity index (χ1v) is 10.6. The number of rotatable bonds is 5. The van der Waals surface area contributed by atoms with E-state index in [1.165, 1.54) is 6.33 Å². The fourth-order valence-corrected chi connectivity index (χ4v) is 4.16. The van der Waals surface area contributed by atoms with Gasteiger partial charge in [-0.2, -0.15) is 0 Å². The third-order valence-corrected chi connectivity index (χ3v) is 5.90. The zero-order chi connectivity index (χ0) is 22.2. The van der Waals surface area contributed by atoms with E-state index in [4.69, 9.17) is 22.1 Å². The zero-order valence-electron chi connectivity index (χ0n) is 17.0. The van der Waals surface area contributed by atoms with Crippen molar-refractivity contribution in [2.45, 2.75) is 24.5 Å². The number of benzene rings is 2. The highest BCUT2D eigenvalue weighted by atomic mass is 35.5. The standard InChI is InChI=1S/C23H22ClN5O3/c24-14-8-6-13(7-9-14)16-11-29(23-20(31)19(30)17(10-25)32-23)22-18(16)21(26-12-27-22)28-15-4-2-1-3-5-15/h1-9,11-12,17,19-20,23,30-31H,10,25H2,(H,26,27,28)/t17-,19+,20+,23-/m1/s1. The van der Waals surface area contributed by atoms with E-state index in [1.807, 2.05) is 60.8 Å². The molecule has 32 heavy (non-hydrogen) atoms. The molecule has 3 heterocycles. The van der Waals surface area contributed by atoms with Crippen molar-refractivity contribution in [3.63, 3.8) is 0 Å². The van der Waals surface area contributed by atoms with E-state index in [2.05, 4.69) is 15.3 Å². The van der Waals surface area contributed by atoms with Gasteiger partial charge in [-0.1, -0.05) is 41.9 Å². The number of aliphatic hydroxyl groups is 2. The molecule has 0 radical (unpaired) electrons. The van der Waals surface area contributed by atoms with Crippen molar-refractivity contribution < 1.29 is 14.9 Å². The van der Waals surface area contributed by atoms with E-state index >= 15 is 0 Å². The molecule has 164 valence electrons. The fourth-order valence-electron chi connectivity index (χ4n) is 4.03. The van der Waals surface area contributed by atoms with Crippen molar-refractivity contribution in [2.24, 2.45) is 5.73 Å². The molecule has 1 aliphatic rings. The highest BCUT2D eigenvalue weighted by Gasteiger charge is 2.43. The van der Waals surface area contributed by atoms with Crippen LogP contribution in [0.15, 0.2) is 67.1 Å². The molecule has 2 aromatic heterocycles. The lowest BCUT2D eigenvalue weighted by atomic mass is 10.1. The number of ether oxygens (including phenoxy) is 1. The van der Waals surface area contributed by atoms with Gasteiger partial charge in [-0.05, 0) is 29.8 Å². The molecule has 1 saturated heterocycles. The Bertz CT molecular complexity index is 1230. The van der Waals surface area contributed by atoms with Crippen LogP contribution in [0.1, 0.15) is 6.23 Å². The van der Waals surface area contributed by atoms with Crippen LogP contribution in [0, 0.1) is 0 Å². The molecule has 5 N–H and O–H groups in total. The SMILES string of the molecule is NC[C@H]1O[C@@H](n2cc(-c3ccc(Cl)cc3)c3c(Nc4ccccc4)ncnc32)[C@@H](O)[C@H]1O. The van der Waals surface area contributed by atoms with E-state index in [9.17, 15) is 10.2 Å². The summed E-state index contributed by atoms with van der Waals surface area (Å²) in [5.74, 6) is 0.605. The van der Waals surface area contributed by atoms with E-state index < -0.39 is 24.5 Å². The van der Waals surface area contributed by atoms with Gasteiger partial charge in [0.15, 0.2) is 6.23 Å². The van der Waals surface area contributed by atoms with Crippen LogP contribution in [0.3, 0.4) is 0 Å². The Balaban J connectivity index is 1.69. The molecule has 0 unspecified atom stereocenters. The Kier molecular flexibility index (Phi) is 5.54. The number of anilines is 2. The van der Waals surface area contributed by atoms with Gasteiger partial charge in [0.2, 0.25) is 0 Å². The Labute approximate surface area is 189 Å². The average Bonchev–Trinajstić information content (AvgIpc) is 3.33. The molecule has 4 aromatic rings. The molecule has 0 aliphatic carbocycles. The summed E-state index contributed by atoms with van der Waals surface area (Å²) >= 11 is 6.10. The fraction of sp³-hybridized carbons (Fsp3) is 0.217. The minimum atomic E-state index is -1.15. The van der Waals surface area contributed by atoms with E-state index in [0.717, 1.165) is 22.2 Å². The molecule has 0 saturated carbocycles. The highest BCUT2D eigenvalue weighted by Crippen LogP contribution is 2.39. The van der Waals surface area contributed by atoms with Crippen LogP contribution in [0.25, 0.3) is 22.2 Å². The third kappa shape index (κ3) is 3.62. The van der Waals surface area contributed by atoms with E-state index in [0.29, 0.717) is 16.5 Å². The summed E-state index contributed by atoms with van der Waals surface area (Å²) in [6, 6.07) is 17.1. The van der Waals surface area contributed by atoms with Crippen LogP contribution in [0.4, 0.5) is 11.5 Å². The normalized spacial score (nSPS) is 23.0. The van der Waals surface area contributed by atoms with Crippen LogP contribution in [-0.4, -0.2) is 49.6 Å². The molecule has 5 rings (SSSR count). The second-order valence-electron chi connectivity index (χ2n) is 7.65. The summed E-state index contributed by atoms with van der Waals surface area (Å²) in [6.07, 6.45) is -0.466. The quantitative estimate of drug-likeness (QED) is 0.368. The van der Waals surface area contributed by atoms with Crippen LogP contribution in [-0.2, 0) is 4.74 Å². The number of nitrogens with two attached hydrogens (primary N) is 1. The Morgan fingerprint density at radius 2 is 1.78 bits per heavy atom. The van der Waals surface area contributed by atoms with Crippen molar-refractivity contribution in [2.75, 3.05) is 11.9 Å². The van der Waals surface area contributed by atoms with Crippen molar-refractivity contribution >= 4 is 34.1 Å². The van der Waals surface area contributed by atoms with Gasteiger partial charge >= 0.3 is 0 Å². The Morgan fingerprint density at radius 3 is 2.47 bits per heavy atom. The maximum atomic E-state index is 10.7. The molecule has 0 bridgehead atoms.